The minimum atomic E-state index is -0.791. The Hall–Kier alpha value is -3.47. The van der Waals surface area contributed by atoms with Gasteiger partial charge in [-0.15, -0.1) is 0 Å². The van der Waals surface area contributed by atoms with E-state index in [2.05, 4.69) is 35.1 Å². The summed E-state index contributed by atoms with van der Waals surface area (Å²) in [5.74, 6) is -1.30. The first kappa shape index (κ1) is 37.5. The number of ether oxygens (including phenoxy) is 1. The molecule has 1 unspecified atom stereocenters. The molecule has 0 saturated heterocycles. The van der Waals surface area contributed by atoms with E-state index in [9.17, 15) is 24.0 Å². The molecule has 0 spiro atoms. The molecule has 1 aromatic rings. The average molecular weight is 578 g/mol. The predicted molar refractivity (Wildman–Crippen MR) is 161 cm³/mol. The van der Waals surface area contributed by atoms with Gasteiger partial charge in [-0.1, -0.05) is 52.7 Å². The number of hydrogen-bond donors (Lipinski definition) is 4. The van der Waals surface area contributed by atoms with E-state index in [0.29, 0.717) is 17.7 Å². The maximum atomic E-state index is 12.6. The molecule has 232 valence electrons. The maximum Gasteiger partial charge on any atom is 0.410 e. The van der Waals surface area contributed by atoms with E-state index in [-0.39, 0.29) is 36.7 Å². The fourth-order valence-corrected chi connectivity index (χ4v) is 3.68. The fourth-order valence-electron chi connectivity index (χ4n) is 3.68. The van der Waals surface area contributed by atoms with E-state index >= 15 is 0 Å². The van der Waals surface area contributed by atoms with Gasteiger partial charge in [0.2, 0.25) is 17.7 Å². The zero-order valence-corrected chi connectivity index (χ0v) is 26.1. The Balaban J connectivity index is 0.00000509. The summed E-state index contributed by atoms with van der Waals surface area (Å²) in [5.41, 5.74) is 1.23. The molecule has 41 heavy (non-hydrogen) atoms. The Kier molecular flexibility index (Phi) is 19.5. The topological polar surface area (TPSA) is 146 Å². The SMILES string of the molecule is CCC.CNCCCCCC(=O)N[C@@H](C)C(=O)Nc1ccc(COC(=O)N(C)C(C(=O)NCC(C)=O)C(C)C)cc1. The van der Waals surface area contributed by atoms with Gasteiger partial charge in [0.25, 0.3) is 0 Å². The lowest BCUT2D eigenvalue weighted by Gasteiger charge is -2.29. The smallest absolute Gasteiger partial charge is 0.410 e. The van der Waals surface area contributed by atoms with Crippen LogP contribution in [-0.4, -0.2) is 73.8 Å². The highest BCUT2D eigenvalue weighted by Gasteiger charge is 2.30. The molecule has 1 aromatic carbocycles. The Bertz CT molecular complexity index is 951. The minimum Gasteiger partial charge on any atom is -0.445 e. The molecule has 2 atom stereocenters. The number of rotatable bonds is 16. The molecule has 0 heterocycles. The van der Waals surface area contributed by atoms with Gasteiger partial charge in [0, 0.05) is 19.2 Å². The number of unbranched alkanes of at least 4 members (excludes halogenated alkanes) is 2. The molecule has 0 aliphatic carbocycles. The van der Waals surface area contributed by atoms with Crippen molar-refractivity contribution in [1.82, 2.24) is 20.9 Å². The third-order valence-corrected chi connectivity index (χ3v) is 5.80. The van der Waals surface area contributed by atoms with E-state index in [1.807, 2.05) is 7.05 Å². The van der Waals surface area contributed by atoms with E-state index in [4.69, 9.17) is 4.74 Å². The number of likely N-dealkylation sites (N-methyl/N-ethyl adjacent to an activating group) is 1. The van der Waals surface area contributed by atoms with Crippen molar-refractivity contribution >= 4 is 35.3 Å². The molecule has 0 radical (unpaired) electrons. The second-order valence-corrected chi connectivity index (χ2v) is 10.4. The molecule has 0 bridgehead atoms. The molecular formula is C30H51N5O6. The van der Waals surface area contributed by atoms with Crippen molar-refractivity contribution in [1.29, 1.82) is 0 Å². The number of Topliss-reactive ketones (excluding diaryl/α,β-unsaturated/α-hetero) is 1. The highest BCUT2D eigenvalue weighted by Crippen LogP contribution is 2.14. The van der Waals surface area contributed by atoms with Crippen LogP contribution in [0.4, 0.5) is 10.5 Å². The van der Waals surface area contributed by atoms with Gasteiger partial charge in [-0.05, 0) is 63.9 Å². The zero-order chi connectivity index (χ0) is 31.4. The lowest BCUT2D eigenvalue weighted by Crippen LogP contribution is -2.51. The molecule has 0 aromatic heterocycles. The Morgan fingerprint density at radius 3 is 2.07 bits per heavy atom. The lowest BCUT2D eigenvalue weighted by molar-refractivity contribution is -0.129. The summed E-state index contributed by atoms with van der Waals surface area (Å²) < 4.78 is 5.36. The average Bonchev–Trinajstić information content (AvgIpc) is 2.91. The normalized spacial score (nSPS) is 11.8. The Morgan fingerprint density at radius 2 is 1.54 bits per heavy atom. The summed E-state index contributed by atoms with van der Waals surface area (Å²) in [6.07, 6.45) is 3.68. The summed E-state index contributed by atoms with van der Waals surface area (Å²) in [6.45, 7) is 11.6. The second-order valence-electron chi connectivity index (χ2n) is 10.4. The van der Waals surface area contributed by atoms with E-state index < -0.39 is 24.1 Å². The van der Waals surface area contributed by atoms with Gasteiger partial charge in [-0.25, -0.2) is 4.79 Å². The monoisotopic (exact) mass is 577 g/mol. The van der Waals surface area contributed by atoms with Gasteiger partial charge < -0.3 is 26.0 Å². The summed E-state index contributed by atoms with van der Waals surface area (Å²) in [6, 6.07) is 5.28. The van der Waals surface area contributed by atoms with Crippen LogP contribution in [0, 0.1) is 5.92 Å². The zero-order valence-electron chi connectivity index (χ0n) is 26.1. The van der Waals surface area contributed by atoms with Crippen molar-refractivity contribution < 1.29 is 28.7 Å². The number of anilines is 1. The number of carbonyl (C=O) groups is 5. The van der Waals surface area contributed by atoms with Crippen LogP contribution in [0.15, 0.2) is 24.3 Å². The van der Waals surface area contributed by atoms with Gasteiger partial charge >= 0.3 is 6.09 Å². The fraction of sp³-hybridized carbons (Fsp3) is 0.633. The van der Waals surface area contributed by atoms with Crippen molar-refractivity contribution in [2.24, 2.45) is 5.92 Å². The van der Waals surface area contributed by atoms with E-state index in [0.717, 1.165) is 25.8 Å². The highest BCUT2D eigenvalue weighted by atomic mass is 16.6. The van der Waals surface area contributed by atoms with Crippen molar-refractivity contribution in [3.63, 3.8) is 0 Å². The number of carbonyl (C=O) groups excluding carboxylic acids is 5. The largest absolute Gasteiger partial charge is 0.445 e. The first-order valence-electron chi connectivity index (χ1n) is 14.4. The molecule has 0 aliphatic heterocycles. The summed E-state index contributed by atoms with van der Waals surface area (Å²) >= 11 is 0. The van der Waals surface area contributed by atoms with Crippen molar-refractivity contribution in [3.05, 3.63) is 29.8 Å². The number of benzene rings is 1. The van der Waals surface area contributed by atoms with Crippen molar-refractivity contribution in [2.75, 3.05) is 32.5 Å². The third kappa shape index (κ3) is 16.4. The molecule has 4 amide bonds. The van der Waals surface area contributed by atoms with Gasteiger partial charge in [0.1, 0.15) is 24.5 Å². The van der Waals surface area contributed by atoms with E-state index in [1.54, 1.807) is 45.0 Å². The van der Waals surface area contributed by atoms with Crippen LogP contribution < -0.4 is 21.3 Å². The molecule has 11 nitrogen and oxygen atoms in total. The van der Waals surface area contributed by atoms with Crippen LogP contribution in [-0.2, 0) is 30.5 Å². The predicted octanol–water partition coefficient (Wildman–Crippen LogP) is 3.62. The van der Waals surface area contributed by atoms with Crippen LogP contribution in [0.1, 0.15) is 79.2 Å². The van der Waals surface area contributed by atoms with Crippen molar-refractivity contribution in [3.8, 4) is 0 Å². The van der Waals surface area contributed by atoms with Crippen LogP contribution in [0.25, 0.3) is 0 Å². The highest BCUT2D eigenvalue weighted by molar-refractivity contribution is 5.96. The van der Waals surface area contributed by atoms with Gasteiger partial charge in [0.05, 0.1) is 6.54 Å². The minimum absolute atomic E-state index is 0.0297. The van der Waals surface area contributed by atoms with Crippen LogP contribution in [0.5, 0.6) is 0 Å². The van der Waals surface area contributed by atoms with Gasteiger partial charge in [-0.3, -0.25) is 24.1 Å². The number of nitrogens with one attached hydrogen (secondary N) is 4. The first-order valence-corrected chi connectivity index (χ1v) is 14.4. The van der Waals surface area contributed by atoms with Crippen LogP contribution >= 0.6 is 0 Å². The molecule has 0 aliphatic rings. The number of ketones is 1. The quantitative estimate of drug-likeness (QED) is 0.220. The second kappa shape index (κ2) is 21.3. The molecule has 4 N–H and O–H groups in total. The van der Waals surface area contributed by atoms with Crippen molar-refractivity contribution in [2.45, 2.75) is 92.3 Å². The summed E-state index contributed by atoms with van der Waals surface area (Å²) in [5, 5.41) is 11.1. The summed E-state index contributed by atoms with van der Waals surface area (Å²) in [4.78, 5) is 61.9. The maximum absolute atomic E-state index is 12.6. The molecule has 0 fully saturated rings. The first-order chi connectivity index (χ1) is 19.4. The van der Waals surface area contributed by atoms with Crippen LogP contribution in [0.2, 0.25) is 0 Å². The molecule has 11 heteroatoms. The lowest BCUT2D eigenvalue weighted by atomic mass is 10.0. The number of nitrogens with zero attached hydrogens (tertiary/aromatic N) is 1. The molecule has 0 saturated carbocycles. The molecule has 1 rings (SSSR count). The van der Waals surface area contributed by atoms with E-state index in [1.165, 1.54) is 25.3 Å². The summed E-state index contributed by atoms with van der Waals surface area (Å²) in [7, 11) is 3.37. The van der Waals surface area contributed by atoms with Crippen LogP contribution in [0.3, 0.4) is 0 Å². The third-order valence-electron chi connectivity index (χ3n) is 5.80. The molecular weight excluding hydrogens is 526 g/mol. The van der Waals surface area contributed by atoms with Gasteiger partial charge in [-0.2, -0.15) is 0 Å². The Labute approximate surface area is 245 Å². The number of amides is 4. The standard InChI is InChI=1S/C27H43N5O6.C3H8/c1-18(2)24(26(36)29-16-19(3)33)32(6)27(37)38-17-21-11-13-22(14-12-21)31-25(35)20(4)30-23(34)10-8-7-9-15-28-5;1-3-2/h11-14,18,20,24,28H,7-10,15-17H2,1-6H3,(H,29,36)(H,30,34)(H,31,35);3H2,1-2H3/t20-,24?;/m0./s1. The number of hydrogen-bond acceptors (Lipinski definition) is 7. The Morgan fingerprint density at radius 1 is 0.927 bits per heavy atom. The van der Waals surface area contributed by atoms with Gasteiger partial charge in [0.15, 0.2) is 0 Å².